The molecule has 1 atom stereocenters. The molecule has 1 fully saturated rings. The van der Waals surface area contributed by atoms with Crippen LogP contribution in [0.3, 0.4) is 0 Å². The van der Waals surface area contributed by atoms with E-state index in [9.17, 15) is 4.79 Å². The normalized spacial score (nSPS) is 22.4. The number of carbonyl (C=O) groups is 1. The summed E-state index contributed by atoms with van der Waals surface area (Å²) >= 11 is 1.66. The zero-order chi connectivity index (χ0) is 10.7. The van der Waals surface area contributed by atoms with Crippen LogP contribution < -0.4 is 5.73 Å². The Balaban J connectivity index is 2.08. The van der Waals surface area contributed by atoms with E-state index in [1.54, 1.807) is 16.2 Å². The molecule has 5 heteroatoms. The van der Waals surface area contributed by atoms with Crippen LogP contribution in [-0.2, 0) is 0 Å². The third kappa shape index (κ3) is 2.47. The van der Waals surface area contributed by atoms with Gasteiger partial charge in [-0.15, -0.1) is 11.3 Å². The van der Waals surface area contributed by atoms with Gasteiger partial charge < -0.3 is 10.6 Å². The van der Waals surface area contributed by atoms with Crippen molar-refractivity contribution in [1.82, 2.24) is 9.88 Å². The van der Waals surface area contributed by atoms with E-state index in [-0.39, 0.29) is 6.03 Å². The molecule has 0 saturated carbocycles. The molecule has 2 heterocycles. The third-order valence-electron chi connectivity index (χ3n) is 2.78. The van der Waals surface area contributed by atoms with Crippen LogP contribution in [0.2, 0.25) is 0 Å². The molecule has 0 aliphatic carbocycles. The Hall–Kier alpha value is -1.10. The number of primary amides is 1. The molecule has 2 N–H and O–H groups in total. The molecule has 4 nitrogen and oxygen atoms in total. The van der Waals surface area contributed by atoms with Crippen LogP contribution in [0, 0.1) is 0 Å². The highest BCUT2D eigenvalue weighted by Crippen LogP contribution is 2.27. The summed E-state index contributed by atoms with van der Waals surface area (Å²) in [5, 5.41) is 3.11. The summed E-state index contributed by atoms with van der Waals surface area (Å²) in [5.74, 6) is 0.375. The van der Waals surface area contributed by atoms with Gasteiger partial charge in [0.05, 0.1) is 5.01 Å². The largest absolute Gasteiger partial charge is 0.351 e. The summed E-state index contributed by atoms with van der Waals surface area (Å²) in [6.07, 6.45) is 5.12. The Morgan fingerprint density at radius 1 is 1.60 bits per heavy atom. The summed E-state index contributed by atoms with van der Waals surface area (Å²) in [6, 6.07) is -0.307. The Bertz CT molecular complexity index is 325. The fraction of sp³-hybridized carbons (Fsp3) is 0.600. The van der Waals surface area contributed by atoms with Crippen molar-refractivity contribution in [3.05, 3.63) is 16.6 Å². The zero-order valence-electron chi connectivity index (χ0n) is 8.56. The summed E-state index contributed by atoms with van der Waals surface area (Å²) in [7, 11) is 0. The lowest BCUT2D eigenvalue weighted by Gasteiger charge is -2.21. The first-order chi connectivity index (χ1) is 7.27. The van der Waals surface area contributed by atoms with Gasteiger partial charge in [-0.3, -0.25) is 0 Å². The van der Waals surface area contributed by atoms with Crippen LogP contribution in [0.4, 0.5) is 4.79 Å². The van der Waals surface area contributed by atoms with Crippen LogP contribution in [0.25, 0.3) is 0 Å². The molecule has 0 spiro atoms. The molecule has 1 unspecified atom stereocenters. The molecular weight excluding hydrogens is 210 g/mol. The molecule has 1 aromatic rings. The van der Waals surface area contributed by atoms with Crippen LogP contribution in [0.1, 0.15) is 30.2 Å². The van der Waals surface area contributed by atoms with Crippen LogP contribution in [0.15, 0.2) is 11.6 Å². The van der Waals surface area contributed by atoms with Crippen molar-refractivity contribution >= 4 is 17.4 Å². The Labute approximate surface area is 93.1 Å². The van der Waals surface area contributed by atoms with Crippen molar-refractivity contribution in [3.8, 4) is 0 Å². The number of urea groups is 1. The smallest absolute Gasteiger partial charge is 0.314 e. The van der Waals surface area contributed by atoms with Gasteiger partial charge in [0.15, 0.2) is 0 Å². The molecule has 1 saturated heterocycles. The van der Waals surface area contributed by atoms with E-state index in [4.69, 9.17) is 5.73 Å². The van der Waals surface area contributed by atoms with Crippen molar-refractivity contribution < 1.29 is 4.79 Å². The van der Waals surface area contributed by atoms with Crippen LogP contribution >= 0.6 is 11.3 Å². The predicted molar refractivity (Wildman–Crippen MR) is 59.9 cm³/mol. The molecule has 15 heavy (non-hydrogen) atoms. The maximum absolute atomic E-state index is 11.2. The number of amides is 2. The van der Waals surface area contributed by atoms with Crippen LogP contribution in [-0.4, -0.2) is 29.0 Å². The van der Waals surface area contributed by atoms with E-state index >= 15 is 0 Å². The highest BCUT2D eigenvalue weighted by atomic mass is 32.1. The maximum Gasteiger partial charge on any atom is 0.314 e. The second-order valence-corrected chi connectivity index (χ2v) is 4.77. The highest BCUT2D eigenvalue weighted by molar-refractivity contribution is 7.09. The molecule has 1 aliphatic heterocycles. The van der Waals surface area contributed by atoms with Gasteiger partial charge in [0.2, 0.25) is 0 Å². The van der Waals surface area contributed by atoms with Crippen molar-refractivity contribution in [2.75, 3.05) is 13.1 Å². The lowest BCUT2D eigenvalue weighted by Crippen LogP contribution is -2.38. The number of thiazole rings is 1. The molecular formula is C10H15N3OS. The van der Waals surface area contributed by atoms with Gasteiger partial charge >= 0.3 is 6.03 Å². The number of likely N-dealkylation sites (tertiary alicyclic amines) is 1. The molecule has 0 aromatic carbocycles. The zero-order valence-corrected chi connectivity index (χ0v) is 9.37. The molecule has 0 radical (unpaired) electrons. The molecule has 1 aromatic heterocycles. The van der Waals surface area contributed by atoms with Gasteiger partial charge in [0, 0.05) is 30.6 Å². The number of rotatable bonds is 1. The van der Waals surface area contributed by atoms with E-state index in [1.165, 1.54) is 0 Å². The van der Waals surface area contributed by atoms with Gasteiger partial charge in [-0.2, -0.15) is 0 Å². The first-order valence-electron chi connectivity index (χ1n) is 5.21. The number of aromatic nitrogens is 1. The highest BCUT2D eigenvalue weighted by Gasteiger charge is 2.22. The first-order valence-corrected chi connectivity index (χ1v) is 6.09. The van der Waals surface area contributed by atoms with Gasteiger partial charge in [-0.25, -0.2) is 9.78 Å². The average Bonchev–Trinajstić information content (AvgIpc) is 2.62. The summed E-state index contributed by atoms with van der Waals surface area (Å²) in [6.45, 7) is 1.51. The lowest BCUT2D eigenvalue weighted by molar-refractivity contribution is 0.207. The molecule has 82 valence electrons. The Morgan fingerprint density at radius 2 is 2.47 bits per heavy atom. The fourth-order valence-corrected chi connectivity index (χ4v) is 2.75. The van der Waals surface area contributed by atoms with Crippen LogP contribution in [0.5, 0.6) is 0 Å². The van der Waals surface area contributed by atoms with Gasteiger partial charge in [-0.05, 0) is 12.8 Å². The Kier molecular flexibility index (Phi) is 3.20. The monoisotopic (exact) mass is 225 g/mol. The fourth-order valence-electron chi connectivity index (χ4n) is 1.98. The number of carbonyl (C=O) groups excluding carboxylic acids is 1. The van der Waals surface area contributed by atoms with Gasteiger partial charge in [-0.1, -0.05) is 6.42 Å². The van der Waals surface area contributed by atoms with E-state index in [1.807, 2.05) is 11.6 Å². The van der Waals surface area contributed by atoms with Crippen molar-refractivity contribution in [2.45, 2.75) is 25.2 Å². The minimum absolute atomic E-state index is 0.307. The topological polar surface area (TPSA) is 59.2 Å². The number of nitrogens with zero attached hydrogens (tertiary/aromatic N) is 2. The van der Waals surface area contributed by atoms with E-state index in [0.29, 0.717) is 5.92 Å². The molecule has 2 amide bonds. The second kappa shape index (κ2) is 4.61. The predicted octanol–water partition coefficient (Wildman–Crippen LogP) is 1.79. The first kappa shape index (κ1) is 10.4. The second-order valence-electron chi connectivity index (χ2n) is 3.85. The maximum atomic E-state index is 11.2. The Morgan fingerprint density at radius 3 is 3.13 bits per heavy atom. The molecule has 0 bridgehead atoms. The van der Waals surface area contributed by atoms with Gasteiger partial charge in [0.25, 0.3) is 0 Å². The average molecular weight is 225 g/mol. The van der Waals surface area contributed by atoms with E-state index < -0.39 is 0 Å². The minimum Gasteiger partial charge on any atom is -0.351 e. The quantitative estimate of drug-likeness (QED) is 0.792. The summed E-state index contributed by atoms with van der Waals surface area (Å²) in [4.78, 5) is 17.2. The number of hydrogen-bond acceptors (Lipinski definition) is 3. The summed E-state index contributed by atoms with van der Waals surface area (Å²) in [5.41, 5.74) is 5.32. The van der Waals surface area contributed by atoms with Gasteiger partial charge in [0.1, 0.15) is 0 Å². The number of hydrogen-bond donors (Lipinski definition) is 1. The van der Waals surface area contributed by atoms with Crippen molar-refractivity contribution in [3.63, 3.8) is 0 Å². The standard InChI is InChI=1S/C10H15N3OS/c11-10(14)13-5-2-1-3-8(7-13)9-12-4-6-15-9/h4,6,8H,1-3,5,7H2,(H2,11,14). The number of nitrogens with two attached hydrogens (primary N) is 1. The minimum atomic E-state index is -0.307. The van der Waals surface area contributed by atoms with Crippen molar-refractivity contribution in [2.24, 2.45) is 5.73 Å². The van der Waals surface area contributed by atoms with E-state index in [0.717, 1.165) is 37.4 Å². The van der Waals surface area contributed by atoms with Crippen molar-refractivity contribution in [1.29, 1.82) is 0 Å². The molecule has 1 aliphatic rings. The lowest BCUT2D eigenvalue weighted by atomic mass is 10.0. The SMILES string of the molecule is NC(=O)N1CCCCC(c2nccs2)C1. The summed E-state index contributed by atoms with van der Waals surface area (Å²) < 4.78 is 0. The molecule has 2 rings (SSSR count). The van der Waals surface area contributed by atoms with E-state index in [2.05, 4.69) is 4.98 Å². The third-order valence-corrected chi connectivity index (χ3v) is 3.72.